The Morgan fingerprint density at radius 1 is 1.11 bits per heavy atom. The van der Waals surface area contributed by atoms with Gasteiger partial charge in [0.2, 0.25) is 0 Å². The number of methoxy groups -OCH3 is 1. The van der Waals surface area contributed by atoms with Crippen molar-refractivity contribution in [2.45, 2.75) is 33.6 Å². The Morgan fingerprint density at radius 3 is 2.61 bits per heavy atom. The molecule has 0 saturated heterocycles. The van der Waals surface area contributed by atoms with Crippen LogP contribution in [0.25, 0.3) is 11.4 Å². The second-order valence-electron chi connectivity index (χ2n) is 7.20. The molecule has 0 radical (unpaired) electrons. The highest BCUT2D eigenvalue weighted by atomic mass is 32.1. The van der Waals surface area contributed by atoms with Gasteiger partial charge in [-0.15, -0.1) is 0 Å². The molecule has 5 nitrogen and oxygen atoms in total. The van der Waals surface area contributed by atoms with E-state index in [9.17, 15) is 0 Å². The number of ether oxygens (including phenoxy) is 1. The molecule has 0 saturated carbocycles. The van der Waals surface area contributed by atoms with E-state index in [4.69, 9.17) is 22.1 Å². The Kier molecular flexibility index (Phi) is 6.78. The minimum absolute atomic E-state index is 0.595. The molecule has 0 amide bonds. The van der Waals surface area contributed by atoms with E-state index in [1.54, 1.807) is 7.11 Å². The molecule has 0 N–H and O–H groups in total. The Morgan fingerprint density at radius 2 is 1.89 bits per heavy atom. The standard InChI is InChI=1S/C22H28N4OS/c1-17-8-7-11-19(14-17)21-23-26(22(28)25(21)12-13-27-4)16-24(3)15-20-10-6-5-9-18(20)2/h5-11,14H,12-13,15-16H2,1-4H3. The predicted octanol–water partition coefficient (Wildman–Crippen LogP) is 4.43. The van der Waals surface area contributed by atoms with Crippen molar-refractivity contribution in [1.29, 1.82) is 0 Å². The van der Waals surface area contributed by atoms with Crippen LogP contribution in [0.5, 0.6) is 0 Å². The highest BCUT2D eigenvalue weighted by Gasteiger charge is 2.14. The second kappa shape index (κ2) is 9.28. The average Bonchev–Trinajstić information content (AvgIpc) is 2.97. The molecule has 0 bridgehead atoms. The zero-order valence-electron chi connectivity index (χ0n) is 17.1. The second-order valence-corrected chi connectivity index (χ2v) is 7.57. The molecule has 0 spiro atoms. The smallest absolute Gasteiger partial charge is 0.199 e. The molecule has 148 valence electrons. The van der Waals surface area contributed by atoms with E-state index < -0.39 is 0 Å². The molecule has 0 aliphatic carbocycles. The summed E-state index contributed by atoms with van der Waals surface area (Å²) in [5.41, 5.74) is 4.88. The topological polar surface area (TPSA) is 35.2 Å². The van der Waals surface area contributed by atoms with E-state index in [-0.39, 0.29) is 0 Å². The van der Waals surface area contributed by atoms with Gasteiger partial charge in [0.25, 0.3) is 0 Å². The lowest BCUT2D eigenvalue weighted by molar-refractivity contribution is 0.186. The van der Waals surface area contributed by atoms with E-state index in [1.165, 1.54) is 16.7 Å². The van der Waals surface area contributed by atoms with E-state index >= 15 is 0 Å². The molecule has 2 aromatic carbocycles. The summed E-state index contributed by atoms with van der Waals surface area (Å²) in [4.78, 5) is 2.23. The molecule has 1 aromatic heterocycles. The summed E-state index contributed by atoms with van der Waals surface area (Å²) < 4.78 is 9.96. The molecule has 0 aliphatic heterocycles. The lowest BCUT2D eigenvalue weighted by atomic mass is 10.1. The lowest BCUT2D eigenvalue weighted by Gasteiger charge is -2.17. The van der Waals surface area contributed by atoms with E-state index in [1.807, 2.05) is 4.68 Å². The van der Waals surface area contributed by atoms with Gasteiger partial charge in [-0.25, -0.2) is 4.68 Å². The Balaban J connectivity index is 1.88. The fourth-order valence-electron chi connectivity index (χ4n) is 3.27. The minimum atomic E-state index is 0.595. The third-order valence-corrected chi connectivity index (χ3v) is 5.23. The predicted molar refractivity (Wildman–Crippen MR) is 116 cm³/mol. The van der Waals surface area contributed by atoms with Gasteiger partial charge >= 0.3 is 0 Å². The summed E-state index contributed by atoms with van der Waals surface area (Å²) in [5, 5.41) is 4.86. The fourth-order valence-corrected chi connectivity index (χ4v) is 3.55. The molecule has 3 aromatic rings. The molecule has 28 heavy (non-hydrogen) atoms. The van der Waals surface area contributed by atoms with Gasteiger partial charge in [-0.3, -0.25) is 9.47 Å². The summed E-state index contributed by atoms with van der Waals surface area (Å²) in [5.74, 6) is 0.884. The van der Waals surface area contributed by atoms with E-state index in [2.05, 4.69) is 78.9 Å². The van der Waals surface area contributed by atoms with Crippen molar-refractivity contribution in [3.63, 3.8) is 0 Å². The molecular formula is C22H28N4OS. The van der Waals surface area contributed by atoms with Crippen LogP contribution in [0.15, 0.2) is 48.5 Å². The van der Waals surface area contributed by atoms with Crippen LogP contribution in [0.2, 0.25) is 0 Å². The summed E-state index contributed by atoms with van der Waals surface area (Å²) >= 11 is 5.75. The minimum Gasteiger partial charge on any atom is -0.383 e. The molecule has 3 rings (SSSR count). The third-order valence-electron chi connectivity index (χ3n) is 4.79. The summed E-state index contributed by atoms with van der Waals surface area (Å²) in [6.45, 7) is 6.98. The van der Waals surface area contributed by atoms with Crippen LogP contribution >= 0.6 is 12.2 Å². The first-order chi connectivity index (χ1) is 13.5. The van der Waals surface area contributed by atoms with Gasteiger partial charge in [0.15, 0.2) is 10.6 Å². The number of hydrogen-bond acceptors (Lipinski definition) is 4. The molecule has 0 unspecified atom stereocenters. The van der Waals surface area contributed by atoms with E-state index in [0.29, 0.717) is 24.6 Å². The van der Waals surface area contributed by atoms with Crippen LogP contribution in [-0.4, -0.2) is 40.0 Å². The number of nitrogens with zero attached hydrogens (tertiary/aromatic N) is 4. The van der Waals surface area contributed by atoms with Crippen molar-refractivity contribution in [2.75, 3.05) is 20.8 Å². The number of hydrogen-bond donors (Lipinski definition) is 0. The van der Waals surface area contributed by atoms with Gasteiger partial charge < -0.3 is 4.74 Å². The monoisotopic (exact) mass is 396 g/mol. The van der Waals surface area contributed by atoms with Crippen LogP contribution in [0.3, 0.4) is 0 Å². The zero-order valence-corrected chi connectivity index (χ0v) is 17.9. The largest absolute Gasteiger partial charge is 0.383 e. The van der Waals surface area contributed by atoms with Crippen molar-refractivity contribution in [1.82, 2.24) is 19.2 Å². The van der Waals surface area contributed by atoms with Gasteiger partial charge in [0.1, 0.15) is 0 Å². The van der Waals surface area contributed by atoms with Crippen molar-refractivity contribution < 1.29 is 4.74 Å². The maximum Gasteiger partial charge on any atom is 0.199 e. The van der Waals surface area contributed by atoms with Crippen molar-refractivity contribution in [3.8, 4) is 11.4 Å². The maximum absolute atomic E-state index is 5.75. The van der Waals surface area contributed by atoms with Gasteiger partial charge in [-0.2, -0.15) is 5.10 Å². The first-order valence-corrected chi connectivity index (χ1v) is 9.87. The van der Waals surface area contributed by atoms with Crippen LogP contribution < -0.4 is 0 Å². The van der Waals surface area contributed by atoms with Crippen LogP contribution in [-0.2, 0) is 24.5 Å². The summed E-state index contributed by atoms with van der Waals surface area (Å²) in [6, 6.07) is 16.8. The van der Waals surface area contributed by atoms with E-state index in [0.717, 1.165) is 17.9 Å². The van der Waals surface area contributed by atoms with Crippen LogP contribution in [0, 0.1) is 18.6 Å². The first-order valence-electron chi connectivity index (χ1n) is 9.46. The van der Waals surface area contributed by atoms with Crippen molar-refractivity contribution in [2.24, 2.45) is 0 Å². The normalized spacial score (nSPS) is 11.3. The zero-order chi connectivity index (χ0) is 20.1. The number of benzene rings is 2. The number of aromatic nitrogens is 3. The lowest BCUT2D eigenvalue weighted by Crippen LogP contribution is -2.23. The quantitative estimate of drug-likeness (QED) is 0.528. The highest BCUT2D eigenvalue weighted by molar-refractivity contribution is 7.71. The Bertz CT molecular complexity index is 992. The SMILES string of the molecule is COCCn1c(-c2cccc(C)c2)nn(CN(C)Cc2ccccc2C)c1=S. The van der Waals surface area contributed by atoms with Gasteiger partial charge in [-0.05, 0) is 50.3 Å². The van der Waals surface area contributed by atoms with Crippen molar-refractivity contribution in [3.05, 3.63) is 70.0 Å². The fraction of sp³-hybridized carbons (Fsp3) is 0.364. The molecular weight excluding hydrogens is 368 g/mol. The maximum atomic E-state index is 5.75. The number of rotatable bonds is 8. The molecule has 0 aliphatic rings. The first kappa shape index (κ1) is 20.5. The van der Waals surface area contributed by atoms with Crippen molar-refractivity contribution >= 4 is 12.2 Å². The molecule has 0 atom stereocenters. The Labute approximate surface area is 172 Å². The summed E-state index contributed by atoms with van der Waals surface area (Å²) in [7, 11) is 3.80. The Hall–Kier alpha value is -2.28. The molecule has 1 heterocycles. The van der Waals surface area contributed by atoms with Gasteiger partial charge in [0, 0.05) is 19.2 Å². The highest BCUT2D eigenvalue weighted by Crippen LogP contribution is 2.20. The molecule has 0 fully saturated rings. The number of aryl methyl sites for hydroxylation is 2. The van der Waals surface area contributed by atoms with Crippen LogP contribution in [0.1, 0.15) is 16.7 Å². The molecule has 6 heteroatoms. The van der Waals surface area contributed by atoms with Gasteiger partial charge in [0.05, 0.1) is 19.8 Å². The summed E-state index contributed by atoms with van der Waals surface area (Å²) in [6.07, 6.45) is 0. The third kappa shape index (κ3) is 4.76. The van der Waals surface area contributed by atoms with Gasteiger partial charge in [-0.1, -0.05) is 48.0 Å². The van der Waals surface area contributed by atoms with Crippen LogP contribution in [0.4, 0.5) is 0 Å². The average molecular weight is 397 g/mol.